The molecular weight excluding hydrogens is 385 g/mol. The Balaban J connectivity index is 2.52. The number of alkyl halides is 3. The van der Waals surface area contributed by atoms with Crippen molar-refractivity contribution in [1.29, 1.82) is 5.26 Å². The first-order valence-corrected chi connectivity index (χ1v) is 9.16. The summed E-state index contributed by atoms with van der Waals surface area (Å²) >= 11 is 0. The van der Waals surface area contributed by atoms with Crippen molar-refractivity contribution in [3.05, 3.63) is 51.3 Å². The number of pyridine rings is 1. The second kappa shape index (κ2) is 9.37. The van der Waals surface area contributed by atoms with Crippen LogP contribution < -0.4 is 5.56 Å². The van der Waals surface area contributed by atoms with Gasteiger partial charge in [0.1, 0.15) is 11.6 Å². The number of aromatic hydroxyl groups is 1. The third-order valence-electron chi connectivity index (χ3n) is 4.47. The average Bonchev–Trinajstić information content (AvgIpc) is 2.67. The van der Waals surface area contributed by atoms with Gasteiger partial charge in [0.15, 0.2) is 5.69 Å². The fraction of sp³-hybridized carbons (Fsp3) is 0.400. The molecule has 0 saturated heterocycles. The molecule has 0 bridgehead atoms. The minimum absolute atomic E-state index is 0.0630. The first-order valence-electron chi connectivity index (χ1n) is 9.16. The van der Waals surface area contributed by atoms with Gasteiger partial charge < -0.3 is 5.11 Å². The Morgan fingerprint density at radius 2 is 1.86 bits per heavy atom. The predicted octanol–water partition coefficient (Wildman–Crippen LogP) is 5.75. The van der Waals surface area contributed by atoms with Crippen molar-refractivity contribution < 1.29 is 18.3 Å². The number of aromatic nitrogens is 1. The number of azo groups is 1. The summed E-state index contributed by atoms with van der Waals surface area (Å²) in [5, 5.41) is 27.0. The Morgan fingerprint density at radius 1 is 1.17 bits per heavy atom. The Hall–Kier alpha value is -3.15. The third-order valence-corrected chi connectivity index (χ3v) is 4.47. The average molecular weight is 406 g/mol. The minimum atomic E-state index is -4.63. The van der Waals surface area contributed by atoms with Crippen LogP contribution >= 0.6 is 0 Å². The van der Waals surface area contributed by atoms with Crippen molar-refractivity contribution in [2.75, 3.05) is 0 Å². The van der Waals surface area contributed by atoms with Gasteiger partial charge >= 0.3 is 6.18 Å². The van der Waals surface area contributed by atoms with Gasteiger partial charge in [0.25, 0.3) is 5.56 Å². The van der Waals surface area contributed by atoms with Gasteiger partial charge in [-0.25, -0.2) is 0 Å². The lowest BCUT2D eigenvalue weighted by Crippen LogP contribution is -2.22. The summed E-state index contributed by atoms with van der Waals surface area (Å²) in [6.07, 6.45) is -1.27. The largest absolute Gasteiger partial charge is 0.493 e. The number of benzene rings is 1. The van der Waals surface area contributed by atoms with Crippen LogP contribution in [0, 0.1) is 18.3 Å². The van der Waals surface area contributed by atoms with Crippen LogP contribution in [0.2, 0.25) is 0 Å². The standard InChI is InChI=1S/C20H21F3N4O2/c1-3-4-5-8-11-27-18(28)14(12-24)13(2)17(19(27)29)26-25-16-10-7-6-9-15(16)20(21,22)23/h6-7,9-10,28H,3-5,8,11H2,1-2H3. The van der Waals surface area contributed by atoms with Gasteiger partial charge in [0.05, 0.1) is 11.3 Å². The molecule has 1 aromatic heterocycles. The molecule has 154 valence electrons. The van der Waals surface area contributed by atoms with Crippen LogP contribution in [0.4, 0.5) is 24.5 Å². The van der Waals surface area contributed by atoms with Gasteiger partial charge in [-0.2, -0.15) is 18.4 Å². The lowest BCUT2D eigenvalue weighted by molar-refractivity contribution is -0.137. The number of unbranched alkanes of at least 4 members (excludes halogenated alkanes) is 3. The molecule has 1 heterocycles. The molecule has 0 saturated carbocycles. The first kappa shape index (κ1) is 22.1. The fourth-order valence-corrected chi connectivity index (χ4v) is 2.87. The summed E-state index contributed by atoms with van der Waals surface area (Å²) < 4.78 is 40.4. The van der Waals surface area contributed by atoms with E-state index in [1.165, 1.54) is 19.1 Å². The molecule has 0 aliphatic rings. The Kier molecular flexibility index (Phi) is 7.15. The van der Waals surface area contributed by atoms with E-state index in [1.54, 1.807) is 0 Å². The maximum Gasteiger partial charge on any atom is 0.418 e. The van der Waals surface area contributed by atoms with Crippen LogP contribution in [0.1, 0.15) is 49.3 Å². The number of halogens is 3. The highest BCUT2D eigenvalue weighted by atomic mass is 19.4. The van der Waals surface area contributed by atoms with Crippen molar-refractivity contribution in [1.82, 2.24) is 4.57 Å². The highest BCUT2D eigenvalue weighted by Crippen LogP contribution is 2.37. The van der Waals surface area contributed by atoms with Gasteiger partial charge in [-0.05, 0) is 25.5 Å². The number of rotatable bonds is 7. The van der Waals surface area contributed by atoms with E-state index >= 15 is 0 Å². The molecule has 1 N–H and O–H groups in total. The van der Waals surface area contributed by atoms with E-state index in [1.807, 2.05) is 13.0 Å². The predicted molar refractivity (Wildman–Crippen MR) is 102 cm³/mol. The maximum absolute atomic E-state index is 13.1. The molecule has 0 fully saturated rings. The molecule has 0 unspecified atom stereocenters. The molecule has 0 atom stereocenters. The summed E-state index contributed by atoms with van der Waals surface area (Å²) in [5.41, 5.74) is -2.50. The normalized spacial score (nSPS) is 11.7. The van der Waals surface area contributed by atoms with Crippen molar-refractivity contribution in [3.63, 3.8) is 0 Å². The van der Waals surface area contributed by atoms with E-state index in [2.05, 4.69) is 10.2 Å². The molecule has 6 nitrogen and oxygen atoms in total. The van der Waals surface area contributed by atoms with E-state index in [9.17, 15) is 28.3 Å². The quantitative estimate of drug-likeness (QED) is 0.469. The summed E-state index contributed by atoms with van der Waals surface area (Å²) in [6, 6.07) is 6.42. The van der Waals surface area contributed by atoms with Crippen molar-refractivity contribution in [3.8, 4) is 11.9 Å². The van der Waals surface area contributed by atoms with Crippen LogP contribution in [0.15, 0.2) is 39.3 Å². The maximum atomic E-state index is 13.1. The van der Waals surface area contributed by atoms with Crippen molar-refractivity contribution in [2.45, 2.75) is 52.3 Å². The van der Waals surface area contributed by atoms with E-state index in [0.717, 1.165) is 36.0 Å². The molecule has 29 heavy (non-hydrogen) atoms. The van der Waals surface area contributed by atoms with Gasteiger partial charge in [-0.15, -0.1) is 10.2 Å². The molecular formula is C20H21F3N4O2. The van der Waals surface area contributed by atoms with Crippen molar-refractivity contribution >= 4 is 11.4 Å². The molecule has 0 aliphatic heterocycles. The molecule has 0 aliphatic carbocycles. The Labute approximate surface area is 165 Å². The molecule has 9 heteroatoms. The molecule has 2 aromatic rings. The number of nitriles is 1. The lowest BCUT2D eigenvalue weighted by Gasteiger charge is -2.13. The zero-order valence-electron chi connectivity index (χ0n) is 16.1. The summed E-state index contributed by atoms with van der Waals surface area (Å²) in [5.74, 6) is -0.471. The SMILES string of the molecule is CCCCCCn1c(O)c(C#N)c(C)c(N=Nc2ccccc2C(F)(F)F)c1=O. The van der Waals surface area contributed by atoms with E-state index in [0.29, 0.717) is 6.42 Å². The second-order valence-corrected chi connectivity index (χ2v) is 6.52. The summed E-state index contributed by atoms with van der Waals surface area (Å²) in [7, 11) is 0. The third kappa shape index (κ3) is 5.02. The molecule has 1 aromatic carbocycles. The van der Waals surface area contributed by atoms with Crippen LogP contribution in [-0.2, 0) is 12.7 Å². The highest BCUT2D eigenvalue weighted by Gasteiger charge is 2.33. The second-order valence-electron chi connectivity index (χ2n) is 6.52. The topological polar surface area (TPSA) is 90.7 Å². The van der Waals surface area contributed by atoms with Gasteiger partial charge in [0.2, 0.25) is 5.88 Å². The van der Waals surface area contributed by atoms with E-state index in [4.69, 9.17) is 0 Å². The number of nitrogens with zero attached hydrogens (tertiary/aromatic N) is 4. The first-order chi connectivity index (χ1) is 13.7. The Morgan fingerprint density at radius 3 is 2.48 bits per heavy atom. The minimum Gasteiger partial charge on any atom is -0.493 e. The van der Waals surface area contributed by atoms with Crippen LogP contribution in [0.3, 0.4) is 0 Å². The molecule has 2 rings (SSSR count). The van der Waals surface area contributed by atoms with E-state index in [-0.39, 0.29) is 23.4 Å². The van der Waals surface area contributed by atoms with Gasteiger partial charge in [-0.1, -0.05) is 38.3 Å². The number of hydrogen-bond acceptors (Lipinski definition) is 5. The van der Waals surface area contributed by atoms with E-state index < -0.39 is 28.9 Å². The van der Waals surface area contributed by atoms with Gasteiger partial charge in [-0.3, -0.25) is 9.36 Å². The van der Waals surface area contributed by atoms with Crippen LogP contribution in [0.5, 0.6) is 5.88 Å². The van der Waals surface area contributed by atoms with Crippen LogP contribution in [0.25, 0.3) is 0 Å². The molecule has 0 amide bonds. The smallest absolute Gasteiger partial charge is 0.418 e. The van der Waals surface area contributed by atoms with Crippen LogP contribution in [-0.4, -0.2) is 9.67 Å². The van der Waals surface area contributed by atoms with Crippen molar-refractivity contribution in [2.24, 2.45) is 10.2 Å². The molecule has 0 spiro atoms. The zero-order chi connectivity index (χ0) is 21.6. The summed E-state index contributed by atoms with van der Waals surface area (Å²) in [4.78, 5) is 12.8. The number of hydrogen-bond donors (Lipinski definition) is 1. The highest BCUT2D eigenvalue weighted by molar-refractivity contribution is 5.57. The summed E-state index contributed by atoms with van der Waals surface area (Å²) in [6.45, 7) is 3.59. The van der Waals surface area contributed by atoms with Gasteiger partial charge in [0, 0.05) is 12.1 Å². The zero-order valence-corrected chi connectivity index (χ0v) is 16.1. The molecule has 0 radical (unpaired) electrons. The monoisotopic (exact) mass is 406 g/mol. The fourth-order valence-electron chi connectivity index (χ4n) is 2.87. The Bertz CT molecular complexity index is 1000. The lowest BCUT2D eigenvalue weighted by atomic mass is 10.1.